The lowest BCUT2D eigenvalue weighted by molar-refractivity contribution is -0.136. The number of aromatic amines is 1. The summed E-state index contributed by atoms with van der Waals surface area (Å²) >= 11 is 0. The van der Waals surface area contributed by atoms with E-state index >= 15 is 0 Å². The highest BCUT2D eigenvalue weighted by atomic mass is 16.4. The molecule has 0 unspecified atom stereocenters. The van der Waals surface area contributed by atoms with Crippen LogP contribution in [-0.2, 0) is 11.2 Å². The van der Waals surface area contributed by atoms with Crippen molar-refractivity contribution in [3.8, 4) is 5.69 Å². The van der Waals surface area contributed by atoms with Gasteiger partial charge in [0.2, 0.25) is 0 Å². The molecule has 6 nitrogen and oxygen atoms in total. The molecule has 0 amide bonds. The lowest BCUT2D eigenvalue weighted by Gasteiger charge is -1.98. The molecular weight excluding hydrogens is 210 g/mol. The van der Waals surface area contributed by atoms with Crippen LogP contribution in [0.25, 0.3) is 5.69 Å². The summed E-state index contributed by atoms with van der Waals surface area (Å²) in [4.78, 5) is 26.1. The maximum absolute atomic E-state index is 11.8. The Labute approximate surface area is 90.2 Å². The molecule has 6 heteroatoms. The number of aromatic nitrogens is 3. The molecule has 0 aromatic carbocycles. The molecule has 0 aliphatic rings. The zero-order chi connectivity index (χ0) is 11.5. The molecule has 16 heavy (non-hydrogen) atoms. The Morgan fingerprint density at radius 1 is 1.44 bits per heavy atom. The van der Waals surface area contributed by atoms with E-state index in [9.17, 15) is 9.59 Å². The molecule has 2 heterocycles. The van der Waals surface area contributed by atoms with Gasteiger partial charge in [0.05, 0.1) is 12.1 Å². The van der Waals surface area contributed by atoms with Crippen molar-refractivity contribution in [3.05, 3.63) is 46.6 Å². The van der Waals surface area contributed by atoms with Gasteiger partial charge in [0.15, 0.2) is 0 Å². The highest BCUT2D eigenvalue weighted by Crippen LogP contribution is 2.01. The number of carboxylic acids is 1. The van der Waals surface area contributed by atoms with Crippen LogP contribution in [0.15, 0.2) is 35.5 Å². The van der Waals surface area contributed by atoms with E-state index in [1.165, 1.54) is 10.9 Å². The summed E-state index contributed by atoms with van der Waals surface area (Å²) in [6.45, 7) is 0. The molecule has 0 aliphatic heterocycles. The van der Waals surface area contributed by atoms with Crippen LogP contribution >= 0.6 is 0 Å². The van der Waals surface area contributed by atoms with E-state index < -0.39 is 5.97 Å². The van der Waals surface area contributed by atoms with Crippen LogP contribution in [0.5, 0.6) is 0 Å². The zero-order valence-electron chi connectivity index (χ0n) is 8.25. The van der Waals surface area contributed by atoms with E-state index in [1.54, 1.807) is 24.5 Å². The first-order chi connectivity index (χ1) is 7.68. The van der Waals surface area contributed by atoms with E-state index in [0.29, 0.717) is 5.69 Å². The SMILES string of the molecule is O=C(O)Cc1c[nH]n(-c2ccncc2)c1=O. The molecule has 82 valence electrons. The van der Waals surface area contributed by atoms with Gasteiger partial charge in [0.1, 0.15) is 0 Å². The van der Waals surface area contributed by atoms with Crippen LogP contribution in [0.2, 0.25) is 0 Å². The number of hydrogen-bond acceptors (Lipinski definition) is 3. The molecule has 0 bridgehead atoms. The van der Waals surface area contributed by atoms with Gasteiger partial charge in [0.25, 0.3) is 5.56 Å². The summed E-state index contributed by atoms with van der Waals surface area (Å²) < 4.78 is 1.28. The van der Waals surface area contributed by atoms with E-state index in [2.05, 4.69) is 10.1 Å². The van der Waals surface area contributed by atoms with E-state index in [-0.39, 0.29) is 17.5 Å². The smallest absolute Gasteiger partial charge is 0.308 e. The van der Waals surface area contributed by atoms with Gasteiger partial charge in [-0.25, -0.2) is 4.68 Å². The normalized spacial score (nSPS) is 10.2. The number of aliphatic carboxylic acids is 1. The molecule has 0 fully saturated rings. The number of H-pyrrole nitrogens is 1. The maximum Gasteiger partial charge on any atom is 0.308 e. The first kappa shape index (κ1) is 10.2. The summed E-state index contributed by atoms with van der Waals surface area (Å²) in [5.41, 5.74) is 0.495. The second-order valence-corrected chi connectivity index (χ2v) is 3.22. The molecule has 2 aromatic heterocycles. The lowest BCUT2D eigenvalue weighted by Crippen LogP contribution is -2.19. The van der Waals surface area contributed by atoms with E-state index in [1.807, 2.05) is 0 Å². The molecule has 0 aliphatic carbocycles. The third-order valence-corrected chi connectivity index (χ3v) is 2.11. The molecule has 0 saturated heterocycles. The van der Waals surface area contributed by atoms with Crippen molar-refractivity contribution >= 4 is 5.97 Å². The third kappa shape index (κ3) is 1.85. The summed E-state index contributed by atoms with van der Waals surface area (Å²) in [5, 5.41) is 11.3. The van der Waals surface area contributed by atoms with Crippen LogP contribution in [0, 0.1) is 0 Å². The number of pyridine rings is 1. The second-order valence-electron chi connectivity index (χ2n) is 3.22. The van der Waals surface area contributed by atoms with Gasteiger partial charge >= 0.3 is 5.97 Å². The molecule has 0 spiro atoms. The van der Waals surface area contributed by atoms with Gasteiger partial charge in [-0.3, -0.25) is 19.7 Å². The predicted octanol–water partition coefficient (Wildman–Crippen LogP) is 0.188. The first-order valence-corrected chi connectivity index (χ1v) is 4.60. The fourth-order valence-electron chi connectivity index (χ4n) is 1.38. The number of rotatable bonds is 3. The van der Waals surface area contributed by atoms with Gasteiger partial charge in [0, 0.05) is 24.2 Å². The number of nitrogens with zero attached hydrogens (tertiary/aromatic N) is 2. The Balaban J connectivity index is 2.42. The molecule has 2 N–H and O–H groups in total. The van der Waals surface area contributed by atoms with Crippen molar-refractivity contribution < 1.29 is 9.90 Å². The van der Waals surface area contributed by atoms with Gasteiger partial charge in [-0.2, -0.15) is 0 Å². The quantitative estimate of drug-likeness (QED) is 0.771. The largest absolute Gasteiger partial charge is 0.481 e. The van der Waals surface area contributed by atoms with Crippen molar-refractivity contribution in [2.45, 2.75) is 6.42 Å². The highest BCUT2D eigenvalue weighted by Gasteiger charge is 2.10. The fraction of sp³-hybridized carbons (Fsp3) is 0.100. The molecular formula is C10H9N3O3. The molecule has 2 rings (SSSR count). The topological polar surface area (TPSA) is 88.0 Å². The number of carboxylic acid groups (broad SMARTS) is 1. The van der Waals surface area contributed by atoms with E-state index in [0.717, 1.165) is 0 Å². The molecule has 0 atom stereocenters. The summed E-state index contributed by atoms with van der Waals surface area (Å²) in [6, 6.07) is 3.31. The monoisotopic (exact) mass is 219 g/mol. The number of nitrogens with one attached hydrogen (secondary N) is 1. The molecule has 0 saturated carbocycles. The van der Waals surface area contributed by atoms with Crippen LogP contribution < -0.4 is 5.56 Å². The van der Waals surface area contributed by atoms with Crippen molar-refractivity contribution in [2.75, 3.05) is 0 Å². The highest BCUT2D eigenvalue weighted by molar-refractivity contribution is 5.69. The van der Waals surface area contributed by atoms with Gasteiger partial charge in [-0.15, -0.1) is 0 Å². The Morgan fingerprint density at radius 2 is 2.12 bits per heavy atom. The van der Waals surface area contributed by atoms with E-state index in [4.69, 9.17) is 5.11 Å². The van der Waals surface area contributed by atoms with Gasteiger partial charge in [-0.05, 0) is 12.1 Å². The van der Waals surface area contributed by atoms with Gasteiger partial charge < -0.3 is 5.11 Å². The Hall–Kier alpha value is -2.37. The summed E-state index contributed by atoms with van der Waals surface area (Å²) in [6.07, 6.45) is 4.23. The van der Waals surface area contributed by atoms with Crippen LogP contribution in [0.4, 0.5) is 0 Å². The lowest BCUT2D eigenvalue weighted by atomic mass is 10.2. The van der Waals surface area contributed by atoms with Crippen molar-refractivity contribution in [2.24, 2.45) is 0 Å². The number of hydrogen-bond donors (Lipinski definition) is 2. The Bertz CT molecular complexity index is 556. The average molecular weight is 219 g/mol. The zero-order valence-corrected chi connectivity index (χ0v) is 8.25. The van der Waals surface area contributed by atoms with Gasteiger partial charge in [-0.1, -0.05) is 0 Å². The minimum Gasteiger partial charge on any atom is -0.481 e. The fourth-order valence-corrected chi connectivity index (χ4v) is 1.38. The van der Waals surface area contributed by atoms with Crippen molar-refractivity contribution in [3.63, 3.8) is 0 Å². The van der Waals surface area contributed by atoms with Crippen molar-refractivity contribution in [1.29, 1.82) is 0 Å². The first-order valence-electron chi connectivity index (χ1n) is 4.60. The van der Waals surface area contributed by atoms with Crippen molar-refractivity contribution in [1.82, 2.24) is 14.8 Å². The number of carbonyl (C=O) groups is 1. The van der Waals surface area contributed by atoms with Crippen LogP contribution in [-0.4, -0.2) is 25.8 Å². The average Bonchev–Trinajstić information content (AvgIpc) is 2.61. The maximum atomic E-state index is 11.8. The van der Waals surface area contributed by atoms with Crippen LogP contribution in [0.1, 0.15) is 5.56 Å². The minimum atomic E-state index is -1.03. The standard InChI is InChI=1S/C10H9N3O3/c14-9(15)5-7-6-12-13(10(7)16)8-1-3-11-4-2-8/h1-4,6,12H,5H2,(H,14,15). The second kappa shape index (κ2) is 4.01. The molecule has 2 aromatic rings. The summed E-state index contributed by atoms with van der Waals surface area (Å²) in [5.74, 6) is -1.03. The Morgan fingerprint density at radius 3 is 2.75 bits per heavy atom. The minimum absolute atomic E-state index is 0.226. The third-order valence-electron chi connectivity index (χ3n) is 2.11. The van der Waals surface area contributed by atoms with Crippen LogP contribution in [0.3, 0.4) is 0 Å². The Kier molecular flexibility index (Phi) is 2.55. The summed E-state index contributed by atoms with van der Waals surface area (Å²) in [7, 11) is 0. The molecule has 0 radical (unpaired) electrons. The predicted molar refractivity (Wildman–Crippen MR) is 55.5 cm³/mol.